The molecule has 0 heterocycles. The van der Waals surface area contributed by atoms with Crippen LogP contribution in [0.5, 0.6) is 5.75 Å². The van der Waals surface area contributed by atoms with Gasteiger partial charge in [0.15, 0.2) is 6.61 Å². The first-order valence-electron chi connectivity index (χ1n) is 8.73. The monoisotopic (exact) mass is 430 g/mol. The fourth-order valence-electron chi connectivity index (χ4n) is 2.25. The van der Waals surface area contributed by atoms with Crippen LogP contribution in [0.4, 0.5) is 18.9 Å². The van der Waals surface area contributed by atoms with Crippen LogP contribution in [-0.4, -0.2) is 27.0 Å². The quantitative estimate of drug-likeness (QED) is 0.667. The average molecular weight is 430 g/mol. The zero-order chi connectivity index (χ0) is 21.7. The Morgan fingerprint density at radius 1 is 1.14 bits per heavy atom. The fourth-order valence-corrected chi connectivity index (χ4v) is 3.58. The second kappa shape index (κ2) is 9.27. The third kappa shape index (κ3) is 6.75. The number of anilines is 1. The van der Waals surface area contributed by atoms with E-state index in [1.807, 2.05) is 6.92 Å². The number of carbonyl (C=O) groups excluding carboxylic acids is 1. The molecule has 0 saturated carbocycles. The number of benzene rings is 2. The number of hydrogen-bond acceptors (Lipinski definition) is 4. The number of sulfonamides is 1. The lowest BCUT2D eigenvalue weighted by molar-refractivity contribution is -0.137. The van der Waals surface area contributed by atoms with Gasteiger partial charge in [0, 0.05) is 11.7 Å². The number of nitrogens with one attached hydrogen (secondary N) is 2. The summed E-state index contributed by atoms with van der Waals surface area (Å²) < 4.78 is 70.2. The van der Waals surface area contributed by atoms with Crippen LogP contribution in [0.3, 0.4) is 0 Å². The van der Waals surface area contributed by atoms with Gasteiger partial charge in [0.1, 0.15) is 5.75 Å². The molecule has 2 rings (SSSR count). The molecule has 158 valence electrons. The number of carbonyl (C=O) groups is 1. The summed E-state index contributed by atoms with van der Waals surface area (Å²) in [5.41, 5.74) is -0.884. The molecule has 0 saturated heterocycles. The fraction of sp³-hybridized carbons (Fsp3) is 0.316. The third-order valence-corrected chi connectivity index (χ3v) is 5.55. The lowest BCUT2D eigenvalue weighted by Gasteiger charge is -2.13. The maximum atomic E-state index is 12.7. The number of amides is 1. The molecule has 10 heteroatoms. The lowest BCUT2D eigenvalue weighted by Crippen LogP contribution is -2.31. The number of rotatable bonds is 8. The summed E-state index contributed by atoms with van der Waals surface area (Å²) in [5.74, 6) is -0.411. The number of hydrogen-bond donors (Lipinski definition) is 2. The highest BCUT2D eigenvalue weighted by Gasteiger charge is 2.30. The van der Waals surface area contributed by atoms with Gasteiger partial charge in [-0.05, 0) is 55.8 Å². The first-order valence-corrected chi connectivity index (χ1v) is 10.2. The van der Waals surface area contributed by atoms with Gasteiger partial charge in [0.05, 0.1) is 10.5 Å². The maximum Gasteiger partial charge on any atom is 0.416 e. The van der Waals surface area contributed by atoms with Crippen molar-refractivity contribution in [3.63, 3.8) is 0 Å². The van der Waals surface area contributed by atoms with E-state index in [4.69, 9.17) is 4.74 Å². The summed E-state index contributed by atoms with van der Waals surface area (Å²) >= 11 is 0. The van der Waals surface area contributed by atoms with Crippen LogP contribution in [0.25, 0.3) is 0 Å². The predicted molar refractivity (Wildman–Crippen MR) is 102 cm³/mol. The number of ether oxygens (including phenoxy) is 1. The minimum absolute atomic E-state index is 0.00835. The molecule has 1 atom stereocenters. The Balaban J connectivity index is 1.94. The van der Waals surface area contributed by atoms with Gasteiger partial charge < -0.3 is 10.1 Å². The molecule has 0 unspecified atom stereocenters. The summed E-state index contributed by atoms with van der Waals surface area (Å²) in [6.45, 7) is 3.15. The topological polar surface area (TPSA) is 84.5 Å². The highest BCUT2D eigenvalue weighted by atomic mass is 32.2. The molecule has 0 fully saturated rings. The molecule has 2 N–H and O–H groups in total. The normalized spacial score (nSPS) is 13.0. The van der Waals surface area contributed by atoms with Crippen LogP contribution in [-0.2, 0) is 21.0 Å². The zero-order valence-electron chi connectivity index (χ0n) is 15.8. The molecule has 2 aromatic carbocycles. The second-order valence-corrected chi connectivity index (χ2v) is 8.03. The van der Waals surface area contributed by atoms with E-state index < -0.39 is 34.3 Å². The van der Waals surface area contributed by atoms with Crippen LogP contribution in [0.2, 0.25) is 0 Å². The van der Waals surface area contributed by atoms with Gasteiger partial charge in [0.25, 0.3) is 5.91 Å². The molecule has 29 heavy (non-hydrogen) atoms. The Hall–Kier alpha value is -2.59. The molecule has 0 spiro atoms. The lowest BCUT2D eigenvalue weighted by atomic mass is 10.2. The van der Waals surface area contributed by atoms with E-state index >= 15 is 0 Å². The van der Waals surface area contributed by atoms with Gasteiger partial charge in [-0.1, -0.05) is 13.0 Å². The van der Waals surface area contributed by atoms with E-state index in [0.717, 1.165) is 12.1 Å². The molecule has 0 radical (unpaired) electrons. The Morgan fingerprint density at radius 3 is 2.38 bits per heavy atom. The first-order chi connectivity index (χ1) is 13.5. The van der Waals surface area contributed by atoms with Gasteiger partial charge in [0.2, 0.25) is 10.0 Å². The second-order valence-electron chi connectivity index (χ2n) is 6.32. The van der Waals surface area contributed by atoms with Crippen molar-refractivity contribution in [1.29, 1.82) is 0 Å². The van der Waals surface area contributed by atoms with Crippen molar-refractivity contribution in [2.24, 2.45) is 0 Å². The van der Waals surface area contributed by atoms with Gasteiger partial charge in [-0.15, -0.1) is 0 Å². The van der Waals surface area contributed by atoms with Gasteiger partial charge in [-0.2, -0.15) is 13.2 Å². The van der Waals surface area contributed by atoms with Gasteiger partial charge >= 0.3 is 6.18 Å². The molecule has 0 aliphatic carbocycles. The van der Waals surface area contributed by atoms with Crippen molar-refractivity contribution in [2.75, 3.05) is 11.9 Å². The van der Waals surface area contributed by atoms with E-state index in [1.54, 1.807) is 6.92 Å². The Morgan fingerprint density at radius 2 is 1.79 bits per heavy atom. The van der Waals surface area contributed by atoms with Crippen LogP contribution < -0.4 is 14.8 Å². The summed E-state index contributed by atoms with van der Waals surface area (Å²) in [6.07, 6.45) is -3.87. The molecule has 2 aromatic rings. The van der Waals surface area contributed by atoms with Crippen LogP contribution >= 0.6 is 0 Å². The highest BCUT2D eigenvalue weighted by Crippen LogP contribution is 2.30. The Bertz CT molecular complexity index is 945. The predicted octanol–water partition coefficient (Wildman–Crippen LogP) is 3.80. The molecular weight excluding hydrogens is 409 g/mol. The largest absolute Gasteiger partial charge is 0.484 e. The zero-order valence-corrected chi connectivity index (χ0v) is 16.6. The van der Waals surface area contributed by atoms with Crippen LogP contribution in [0, 0.1) is 0 Å². The highest BCUT2D eigenvalue weighted by molar-refractivity contribution is 7.89. The molecular formula is C19H21F3N2O4S. The summed E-state index contributed by atoms with van der Waals surface area (Å²) in [4.78, 5) is 12.0. The number of halogens is 3. The molecule has 0 aliphatic rings. The van der Waals surface area contributed by atoms with Crippen molar-refractivity contribution in [1.82, 2.24) is 4.72 Å². The minimum Gasteiger partial charge on any atom is -0.484 e. The molecule has 0 aliphatic heterocycles. The summed E-state index contributed by atoms with van der Waals surface area (Å²) in [7, 11) is -3.65. The van der Waals surface area contributed by atoms with Crippen LogP contribution in [0.15, 0.2) is 53.4 Å². The summed E-state index contributed by atoms with van der Waals surface area (Å²) in [6, 6.07) is 9.49. The minimum atomic E-state index is -4.51. The van der Waals surface area contributed by atoms with Gasteiger partial charge in [-0.25, -0.2) is 13.1 Å². The summed E-state index contributed by atoms with van der Waals surface area (Å²) in [5, 5.41) is 2.32. The van der Waals surface area contributed by atoms with E-state index in [1.165, 1.54) is 36.4 Å². The molecule has 6 nitrogen and oxygen atoms in total. The smallest absolute Gasteiger partial charge is 0.416 e. The van der Waals surface area contributed by atoms with E-state index in [0.29, 0.717) is 6.42 Å². The van der Waals surface area contributed by atoms with E-state index in [2.05, 4.69) is 10.0 Å². The van der Waals surface area contributed by atoms with Gasteiger partial charge in [-0.3, -0.25) is 4.79 Å². The van der Waals surface area contributed by atoms with Crippen molar-refractivity contribution in [3.8, 4) is 5.75 Å². The van der Waals surface area contributed by atoms with Crippen LogP contribution in [0.1, 0.15) is 25.8 Å². The Labute approximate surface area is 167 Å². The molecule has 0 bridgehead atoms. The van der Waals surface area contributed by atoms with Crippen molar-refractivity contribution in [2.45, 2.75) is 37.4 Å². The standard InChI is InChI=1S/C19H21F3N2O4S/c1-3-13(2)24-29(26,27)17-9-7-16(8-10-17)28-12-18(25)23-15-6-4-5-14(11-15)19(20,21)22/h4-11,13,24H,3,12H2,1-2H3,(H,23,25)/t13-/m0/s1. The molecule has 0 aromatic heterocycles. The first kappa shape index (κ1) is 22.7. The van der Waals surface area contributed by atoms with E-state index in [9.17, 15) is 26.4 Å². The van der Waals surface area contributed by atoms with E-state index in [-0.39, 0.29) is 22.4 Å². The van der Waals surface area contributed by atoms with Crippen molar-refractivity contribution < 1.29 is 31.1 Å². The number of alkyl halides is 3. The molecule has 1 amide bonds. The Kier molecular flexibility index (Phi) is 7.26. The van der Waals surface area contributed by atoms with Crippen molar-refractivity contribution >= 4 is 21.6 Å². The third-order valence-electron chi connectivity index (χ3n) is 3.95. The maximum absolute atomic E-state index is 12.7. The SMILES string of the molecule is CC[C@H](C)NS(=O)(=O)c1ccc(OCC(=O)Nc2cccc(C(F)(F)F)c2)cc1. The van der Waals surface area contributed by atoms with Crippen molar-refractivity contribution in [3.05, 3.63) is 54.1 Å². The average Bonchev–Trinajstić information content (AvgIpc) is 2.66.